The number of methoxy groups -OCH3 is 1. The molecule has 41 heavy (non-hydrogen) atoms. The van der Waals surface area contributed by atoms with Gasteiger partial charge in [0.15, 0.2) is 0 Å². The van der Waals surface area contributed by atoms with E-state index in [9.17, 15) is 22.7 Å². The maximum Gasteiger partial charge on any atom is 0.316 e. The van der Waals surface area contributed by atoms with Crippen LogP contribution in [-0.4, -0.2) is 64.8 Å². The smallest absolute Gasteiger partial charge is 0.316 e. The molecule has 4 rings (SSSR count). The molecule has 3 aromatic rings. The highest BCUT2D eigenvalue weighted by atomic mass is 127. The molecule has 1 saturated heterocycles. The zero-order chi connectivity index (χ0) is 28.9. The predicted molar refractivity (Wildman–Crippen MR) is 147 cm³/mol. The Morgan fingerprint density at radius 1 is 1.02 bits per heavy atom. The van der Waals surface area contributed by atoms with E-state index in [-0.39, 0.29) is 42.0 Å². The van der Waals surface area contributed by atoms with Gasteiger partial charge in [0.05, 0.1) is 41.8 Å². The van der Waals surface area contributed by atoms with Crippen molar-refractivity contribution in [1.29, 1.82) is 0 Å². The second kappa shape index (κ2) is 14.4. The molecule has 0 aliphatic carbocycles. The number of aromatic nitrogens is 2. The molecule has 2 aromatic carbocycles. The van der Waals surface area contributed by atoms with E-state index in [2.05, 4.69) is 5.10 Å². The maximum atomic E-state index is 13.9. The van der Waals surface area contributed by atoms with E-state index in [0.29, 0.717) is 49.9 Å². The van der Waals surface area contributed by atoms with E-state index in [4.69, 9.17) is 9.47 Å². The lowest BCUT2D eigenvalue weighted by molar-refractivity contribution is -0.379. The third-order valence-electron chi connectivity index (χ3n) is 6.38. The van der Waals surface area contributed by atoms with Crippen LogP contribution in [0.5, 0.6) is 5.75 Å². The normalized spacial score (nSPS) is 14.8. The molecule has 0 amide bonds. The van der Waals surface area contributed by atoms with Crippen molar-refractivity contribution in [1.82, 2.24) is 14.1 Å². The van der Waals surface area contributed by atoms with Gasteiger partial charge >= 0.3 is 5.56 Å². The summed E-state index contributed by atoms with van der Waals surface area (Å²) in [6.07, 6.45) is 1.45. The van der Waals surface area contributed by atoms with Gasteiger partial charge in [-0.1, -0.05) is 26.0 Å². The summed E-state index contributed by atoms with van der Waals surface area (Å²) in [7, 11) is 0.289. The topological polar surface area (TPSA) is 108 Å². The summed E-state index contributed by atoms with van der Waals surface area (Å²) >= 11 is 0. The predicted octanol–water partition coefficient (Wildman–Crippen LogP) is -0.969. The van der Waals surface area contributed by atoms with Gasteiger partial charge < -0.3 is 38.4 Å². The van der Waals surface area contributed by atoms with Crippen molar-refractivity contribution in [3.8, 4) is 11.4 Å². The lowest BCUT2D eigenvalue weighted by Gasteiger charge is -2.35. The van der Waals surface area contributed by atoms with Gasteiger partial charge in [-0.25, -0.2) is 17.3 Å². The molecule has 0 spiro atoms. The van der Waals surface area contributed by atoms with Gasteiger partial charge in [0.1, 0.15) is 17.3 Å². The molecule has 0 saturated carbocycles. The summed E-state index contributed by atoms with van der Waals surface area (Å²) in [6.45, 7) is 6.20. The van der Waals surface area contributed by atoms with E-state index in [1.54, 1.807) is 31.4 Å². The Labute approximate surface area is 256 Å². The number of nitrogens with one attached hydrogen (secondary N) is 1. The van der Waals surface area contributed by atoms with Gasteiger partial charge in [-0.2, -0.15) is 9.78 Å². The molecular formula is C27H32F2IN5O5S. The van der Waals surface area contributed by atoms with Crippen molar-refractivity contribution >= 4 is 22.4 Å². The van der Waals surface area contributed by atoms with Crippen molar-refractivity contribution in [3.05, 3.63) is 81.1 Å². The van der Waals surface area contributed by atoms with Crippen LogP contribution in [0.4, 0.5) is 20.2 Å². The van der Waals surface area contributed by atoms with Crippen LogP contribution in [0.3, 0.4) is 0 Å². The fraction of sp³-hybridized carbons (Fsp3) is 0.407. The summed E-state index contributed by atoms with van der Waals surface area (Å²) < 4.78 is 54.9. The number of hydrogen-bond acceptors (Lipinski definition) is 7. The first-order valence-electron chi connectivity index (χ1n) is 12.7. The minimum Gasteiger partial charge on any atom is -1.00 e. The van der Waals surface area contributed by atoms with Gasteiger partial charge in [0.2, 0.25) is 5.75 Å². The monoisotopic (exact) mass is 703 g/mol. The molecule has 1 unspecified atom stereocenters. The Morgan fingerprint density at radius 2 is 1.66 bits per heavy atom. The number of hydrogen-bond donors (Lipinski definition) is 1. The Morgan fingerprint density at radius 3 is 2.24 bits per heavy atom. The summed E-state index contributed by atoms with van der Waals surface area (Å²) in [5, 5.41) is 6.02. The first kappa shape index (κ1) is 32.7. The van der Waals surface area contributed by atoms with E-state index in [0.717, 1.165) is 28.4 Å². The van der Waals surface area contributed by atoms with Crippen LogP contribution in [0, 0.1) is 22.0 Å². The summed E-state index contributed by atoms with van der Waals surface area (Å²) in [6, 6.07) is 9.56. The average Bonchev–Trinajstić information content (AvgIpc) is 2.92. The van der Waals surface area contributed by atoms with Crippen molar-refractivity contribution in [2.24, 2.45) is 5.41 Å². The van der Waals surface area contributed by atoms with Crippen molar-refractivity contribution in [2.75, 3.05) is 51.4 Å². The Bertz CT molecular complexity index is 1410. The molecule has 222 valence electrons. The van der Waals surface area contributed by atoms with E-state index < -0.39 is 33.6 Å². The molecule has 1 aromatic heterocycles. The zero-order valence-electron chi connectivity index (χ0n) is 22.9. The van der Waals surface area contributed by atoms with Crippen LogP contribution < -0.4 is 44.3 Å². The average molecular weight is 704 g/mol. The summed E-state index contributed by atoms with van der Waals surface area (Å²) in [5.74, 6) is -1.35. The van der Waals surface area contributed by atoms with Crippen LogP contribution in [0.15, 0.2) is 53.5 Å². The lowest BCUT2D eigenvalue weighted by atomic mass is 9.96. The van der Waals surface area contributed by atoms with Crippen LogP contribution >= 0.6 is 0 Å². The molecule has 14 heteroatoms. The van der Waals surface area contributed by atoms with Crippen molar-refractivity contribution < 1.29 is 51.6 Å². The standard InChI is InChI=1S/C27H31F2N5O5S.HI/c1-27(2,17-38-3)18-39-25-24(15-30-34(26(25)35)23-13-20(28)12-21(29)14-23)32-8-10-33(11-9-32)40(37)16-19-4-6-22(31-36)7-5-19;/h4-7,12-15H,8-11,16-18H2,1-3H3;1H. The molecule has 2 heterocycles. The molecular weight excluding hydrogens is 671 g/mol. The number of halogens is 3. The molecule has 0 bridgehead atoms. The third-order valence-corrected chi connectivity index (χ3v) is 7.90. The van der Waals surface area contributed by atoms with Crippen molar-refractivity contribution in [3.63, 3.8) is 0 Å². The number of piperazine rings is 1. The molecule has 10 nitrogen and oxygen atoms in total. The van der Waals surface area contributed by atoms with Gasteiger partial charge in [-0.15, -0.1) is 0 Å². The number of benzene rings is 2. The molecule has 0 radical (unpaired) electrons. The summed E-state index contributed by atoms with van der Waals surface area (Å²) in [5.41, 5.74) is 0.583. The van der Waals surface area contributed by atoms with Crippen LogP contribution in [0.2, 0.25) is 0 Å². The fourth-order valence-electron chi connectivity index (χ4n) is 4.37. The molecule has 1 fully saturated rings. The first-order chi connectivity index (χ1) is 19.1. The molecule has 1 aliphatic heterocycles. The van der Waals surface area contributed by atoms with Crippen LogP contribution in [-0.2, 0) is 21.5 Å². The number of nitrogens with zero attached hydrogens (tertiary/aromatic N) is 4. The number of nitroso groups, excluding NO2 is 1. The van der Waals surface area contributed by atoms with E-state index >= 15 is 0 Å². The molecule has 1 aliphatic rings. The highest BCUT2D eigenvalue weighted by Crippen LogP contribution is 2.28. The van der Waals surface area contributed by atoms with Gasteiger partial charge in [0, 0.05) is 67.0 Å². The fourth-order valence-corrected chi connectivity index (χ4v) is 5.60. The Balaban J connectivity index is 0.00000462. The maximum absolute atomic E-state index is 13.9. The second-order valence-corrected chi connectivity index (χ2v) is 11.7. The minimum atomic E-state index is -1.29. The number of anilines is 1. The summed E-state index contributed by atoms with van der Waals surface area (Å²) in [4.78, 5) is 26.2. The van der Waals surface area contributed by atoms with Crippen molar-refractivity contribution in [2.45, 2.75) is 19.6 Å². The Kier molecular flexibility index (Phi) is 11.5. The molecule has 1 N–H and O–H groups in total. The first-order valence-corrected chi connectivity index (χ1v) is 13.9. The zero-order valence-corrected chi connectivity index (χ0v) is 25.9. The van der Waals surface area contributed by atoms with E-state index in [1.807, 2.05) is 28.2 Å². The largest absolute Gasteiger partial charge is 1.00 e. The highest BCUT2D eigenvalue weighted by Gasteiger charge is 2.28. The minimum absolute atomic E-state index is 0. The SMILES string of the molecule is COCC(C)(C)COc1c(N2CCN(S(=O)Cc3ccc([NH+]=O)cc3)CC2)cnn(-c2cc(F)cc(F)c2)c1=O.[I-]. The van der Waals surface area contributed by atoms with Gasteiger partial charge in [-0.3, -0.25) is 4.79 Å². The number of rotatable bonds is 11. The Hall–Kier alpha value is -2.82. The molecule has 1 atom stereocenters. The van der Waals surface area contributed by atoms with Crippen LogP contribution in [0.25, 0.3) is 5.69 Å². The van der Waals surface area contributed by atoms with Gasteiger partial charge in [-0.05, 0) is 17.7 Å². The highest BCUT2D eigenvalue weighted by molar-refractivity contribution is 7.81. The van der Waals surface area contributed by atoms with Gasteiger partial charge in [0.25, 0.3) is 5.69 Å². The quantitative estimate of drug-likeness (QED) is 0.257. The number of ether oxygens (including phenoxy) is 2. The van der Waals surface area contributed by atoms with Crippen LogP contribution in [0.1, 0.15) is 19.4 Å². The lowest BCUT2D eigenvalue weighted by Crippen LogP contribution is -3.00. The van der Waals surface area contributed by atoms with E-state index in [1.165, 1.54) is 6.20 Å². The third kappa shape index (κ3) is 8.36. The second-order valence-electron chi connectivity index (χ2n) is 10.3.